The average molecular weight is 306 g/mol. The number of nitrogens with one attached hydrogen (secondary N) is 2. The third kappa shape index (κ3) is 7.59. The molecule has 20 heavy (non-hydrogen) atoms. The van der Waals surface area contributed by atoms with E-state index >= 15 is 0 Å². The molecule has 0 heterocycles. The maximum Gasteiger partial charge on any atom is 0.322 e. The Kier molecular flexibility index (Phi) is 8.32. The monoisotopic (exact) mass is 306 g/mol. The molecule has 0 aromatic carbocycles. The first-order valence-corrected chi connectivity index (χ1v) is 6.35. The summed E-state index contributed by atoms with van der Waals surface area (Å²) in [4.78, 5) is 44.4. The number of hydrogen-bond donors (Lipinski definition) is 6. The van der Waals surface area contributed by atoms with E-state index in [0.29, 0.717) is 0 Å². The normalized spacial score (nSPS) is 13.1. The molecule has 0 saturated carbocycles. The standard InChI is InChI=1S/C10H18N4O5S/c11-5(4-20)9(18)14-6(1-2-7(12)15)10(19)13-3-8(16)17/h5-6,20H,1-4,11H2,(H2,12,15)(H,13,19)(H,14,18)(H,16,17)/t5-,6-/m0/s1. The molecule has 0 aliphatic rings. The molecule has 0 aromatic rings. The number of carboxylic acid groups (broad SMARTS) is 1. The van der Waals surface area contributed by atoms with E-state index in [0.717, 1.165) is 0 Å². The molecule has 0 rings (SSSR count). The highest BCUT2D eigenvalue weighted by atomic mass is 32.1. The third-order valence-electron chi connectivity index (χ3n) is 2.26. The van der Waals surface area contributed by atoms with Crippen molar-refractivity contribution in [1.29, 1.82) is 0 Å². The number of nitrogens with two attached hydrogens (primary N) is 2. The first-order valence-electron chi connectivity index (χ1n) is 5.72. The fourth-order valence-corrected chi connectivity index (χ4v) is 1.37. The number of carbonyl (C=O) groups excluding carboxylic acids is 3. The van der Waals surface area contributed by atoms with E-state index in [1.54, 1.807) is 0 Å². The fourth-order valence-electron chi connectivity index (χ4n) is 1.20. The molecule has 0 bridgehead atoms. The van der Waals surface area contributed by atoms with Crippen molar-refractivity contribution in [2.24, 2.45) is 11.5 Å². The zero-order chi connectivity index (χ0) is 15.7. The van der Waals surface area contributed by atoms with Gasteiger partial charge in [0.05, 0.1) is 6.04 Å². The molecule has 9 nitrogen and oxygen atoms in total. The van der Waals surface area contributed by atoms with E-state index in [-0.39, 0.29) is 18.6 Å². The average Bonchev–Trinajstić information content (AvgIpc) is 2.38. The van der Waals surface area contributed by atoms with Crippen molar-refractivity contribution >= 4 is 36.3 Å². The van der Waals surface area contributed by atoms with Gasteiger partial charge in [-0.1, -0.05) is 0 Å². The maximum absolute atomic E-state index is 11.7. The van der Waals surface area contributed by atoms with Crippen LogP contribution in [0.3, 0.4) is 0 Å². The minimum Gasteiger partial charge on any atom is -0.480 e. The Bertz CT molecular complexity index is 390. The Morgan fingerprint density at radius 1 is 1.20 bits per heavy atom. The molecule has 2 atom stereocenters. The lowest BCUT2D eigenvalue weighted by atomic mass is 10.1. The van der Waals surface area contributed by atoms with Gasteiger partial charge in [-0.3, -0.25) is 19.2 Å². The van der Waals surface area contributed by atoms with Gasteiger partial charge in [-0.25, -0.2) is 0 Å². The minimum absolute atomic E-state index is 0.0498. The van der Waals surface area contributed by atoms with Crippen LogP contribution in [0.1, 0.15) is 12.8 Å². The molecule has 7 N–H and O–H groups in total. The Hall–Kier alpha value is -1.81. The Labute approximate surface area is 120 Å². The smallest absolute Gasteiger partial charge is 0.322 e. The van der Waals surface area contributed by atoms with Crippen LogP contribution in [-0.2, 0) is 19.2 Å². The van der Waals surface area contributed by atoms with Crippen molar-refractivity contribution < 1.29 is 24.3 Å². The van der Waals surface area contributed by atoms with Gasteiger partial charge in [0, 0.05) is 12.2 Å². The molecule has 0 aliphatic carbocycles. The maximum atomic E-state index is 11.7. The Morgan fingerprint density at radius 2 is 1.80 bits per heavy atom. The molecule has 3 amide bonds. The van der Waals surface area contributed by atoms with E-state index in [1.807, 2.05) is 0 Å². The summed E-state index contributed by atoms with van der Waals surface area (Å²) in [6.45, 7) is -0.597. The quantitative estimate of drug-likeness (QED) is 0.252. The summed E-state index contributed by atoms with van der Waals surface area (Å²) in [6, 6.07) is -2.00. The Morgan fingerprint density at radius 3 is 2.25 bits per heavy atom. The molecular formula is C10H18N4O5S. The first-order chi connectivity index (χ1) is 9.27. The highest BCUT2D eigenvalue weighted by Crippen LogP contribution is 1.99. The number of amides is 3. The van der Waals surface area contributed by atoms with Gasteiger partial charge in [-0.2, -0.15) is 12.6 Å². The number of thiol groups is 1. The summed E-state index contributed by atoms with van der Waals surface area (Å²) in [6.07, 6.45) is -0.187. The van der Waals surface area contributed by atoms with Gasteiger partial charge in [0.2, 0.25) is 17.7 Å². The van der Waals surface area contributed by atoms with Crippen LogP contribution < -0.4 is 22.1 Å². The van der Waals surface area contributed by atoms with Gasteiger partial charge < -0.3 is 27.2 Å². The first kappa shape index (κ1) is 18.2. The zero-order valence-corrected chi connectivity index (χ0v) is 11.6. The van der Waals surface area contributed by atoms with Crippen molar-refractivity contribution in [3.63, 3.8) is 0 Å². The summed E-state index contributed by atoms with van der Waals surface area (Å²) in [5.41, 5.74) is 10.4. The van der Waals surface area contributed by atoms with Crippen LogP contribution in [-0.4, -0.2) is 53.2 Å². The number of carbonyl (C=O) groups is 4. The van der Waals surface area contributed by atoms with Crippen molar-refractivity contribution in [1.82, 2.24) is 10.6 Å². The molecule has 0 radical (unpaired) electrons. The van der Waals surface area contributed by atoms with Gasteiger partial charge in [0.25, 0.3) is 0 Å². The molecule has 0 aliphatic heterocycles. The minimum atomic E-state index is -1.23. The molecular weight excluding hydrogens is 288 g/mol. The lowest BCUT2D eigenvalue weighted by Crippen LogP contribution is -2.52. The van der Waals surface area contributed by atoms with Crippen molar-refractivity contribution in [3.05, 3.63) is 0 Å². The van der Waals surface area contributed by atoms with Crippen LogP contribution in [0.25, 0.3) is 0 Å². The summed E-state index contributed by atoms with van der Waals surface area (Å²) in [5.74, 6) is -3.15. The SMILES string of the molecule is NC(=O)CC[C@H](NC(=O)[C@@H](N)CS)C(=O)NCC(=O)O. The van der Waals surface area contributed by atoms with Crippen molar-refractivity contribution in [2.45, 2.75) is 24.9 Å². The van der Waals surface area contributed by atoms with E-state index in [9.17, 15) is 19.2 Å². The second kappa shape index (κ2) is 9.15. The molecule has 114 valence electrons. The topological polar surface area (TPSA) is 165 Å². The van der Waals surface area contributed by atoms with E-state index in [2.05, 4.69) is 23.3 Å². The van der Waals surface area contributed by atoms with Gasteiger partial charge in [-0.15, -0.1) is 0 Å². The number of carboxylic acids is 1. The fraction of sp³-hybridized carbons (Fsp3) is 0.600. The summed E-state index contributed by atoms with van der Waals surface area (Å²) in [5, 5.41) is 12.9. The predicted molar refractivity (Wildman–Crippen MR) is 72.8 cm³/mol. The predicted octanol–water partition coefficient (Wildman–Crippen LogP) is -2.81. The second-order valence-corrected chi connectivity index (χ2v) is 4.33. The highest BCUT2D eigenvalue weighted by Gasteiger charge is 2.23. The van der Waals surface area contributed by atoms with Crippen molar-refractivity contribution in [3.8, 4) is 0 Å². The molecule has 0 saturated heterocycles. The number of primary amides is 1. The van der Waals surface area contributed by atoms with Crippen LogP contribution in [0, 0.1) is 0 Å². The van der Waals surface area contributed by atoms with Gasteiger partial charge in [-0.05, 0) is 6.42 Å². The molecule has 0 spiro atoms. The van der Waals surface area contributed by atoms with E-state index in [4.69, 9.17) is 16.6 Å². The van der Waals surface area contributed by atoms with Crippen LogP contribution >= 0.6 is 12.6 Å². The number of rotatable bonds is 9. The van der Waals surface area contributed by atoms with Crippen LogP contribution in [0.4, 0.5) is 0 Å². The van der Waals surface area contributed by atoms with Crippen LogP contribution in [0.2, 0.25) is 0 Å². The van der Waals surface area contributed by atoms with Crippen LogP contribution in [0.5, 0.6) is 0 Å². The molecule has 0 aromatic heterocycles. The Balaban J connectivity index is 4.62. The van der Waals surface area contributed by atoms with Gasteiger partial charge in [0.15, 0.2) is 0 Å². The molecule has 0 unspecified atom stereocenters. The zero-order valence-electron chi connectivity index (χ0n) is 10.7. The highest BCUT2D eigenvalue weighted by molar-refractivity contribution is 7.80. The summed E-state index contributed by atoms with van der Waals surface area (Å²) >= 11 is 3.84. The van der Waals surface area contributed by atoms with Gasteiger partial charge >= 0.3 is 5.97 Å². The number of hydrogen-bond acceptors (Lipinski definition) is 6. The van der Waals surface area contributed by atoms with E-state index in [1.165, 1.54) is 0 Å². The largest absolute Gasteiger partial charge is 0.480 e. The molecule has 10 heteroatoms. The summed E-state index contributed by atoms with van der Waals surface area (Å²) in [7, 11) is 0. The lowest BCUT2D eigenvalue weighted by molar-refractivity contribution is -0.138. The second-order valence-electron chi connectivity index (χ2n) is 3.97. The van der Waals surface area contributed by atoms with E-state index < -0.39 is 42.3 Å². The lowest BCUT2D eigenvalue weighted by Gasteiger charge is -2.19. The van der Waals surface area contributed by atoms with Crippen LogP contribution in [0.15, 0.2) is 0 Å². The third-order valence-corrected chi connectivity index (χ3v) is 2.65. The number of aliphatic carboxylic acids is 1. The van der Waals surface area contributed by atoms with Crippen molar-refractivity contribution in [2.75, 3.05) is 12.3 Å². The molecule has 0 fully saturated rings. The summed E-state index contributed by atoms with van der Waals surface area (Å²) < 4.78 is 0. The van der Waals surface area contributed by atoms with Gasteiger partial charge in [0.1, 0.15) is 12.6 Å².